The lowest BCUT2D eigenvalue weighted by Crippen LogP contribution is -2.47. The number of aryl methyl sites for hydroxylation is 1. The predicted molar refractivity (Wildman–Crippen MR) is 87.8 cm³/mol. The molecule has 114 valence electrons. The Morgan fingerprint density at radius 1 is 1.05 bits per heavy atom. The highest BCUT2D eigenvalue weighted by Crippen LogP contribution is 2.29. The fourth-order valence-corrected chi connectivity index (χ4v) is 3.40. The van der Waals surface area contributed by atoms with Gasteiger partial charge >= 0.3 is 0 Å². The van der Waals surface area contributed by atoms with E-state index in [2.05, 4.69) is 40.2 Å². The average Bonchev–Trinajstić information content (AvgIpc) is 3.39. The van der Waals surface area contributed by atoms with Gasteiger partial charge < -0.3 is 10.2 Å². The van der Waals surface area contributed by atoms with Crippen molar-refractivity contribution < 1.29 is 0 Å². The third kappa shape index (κ3) is 3.24. The smallest absolute Gasteiger partial charge is 0.0369 e. The van der Waals surface area contributed by atoms with Crippen LogP contribution in [0.25, 0.3) is 0 Å². The first-order valence-electron chi connectivity index (χ1n) is 8.61. The van der Waals surface area contributed by atoms with Gasteiger partial charge in [0.15, 0.2) is 0 Å². The Bertz CT molecular complexity index is 497. The van der Waals surface area contributed by atoms with Crippen molar-refractivity contribution in [2.45, 2.75) is 51.2 Å². The van der Waals surface area contributed by atoms with Crippen molar-refractivity contribution in [1.82, 2.24) is 10.2 Å². The summed E-state index contributed by atoms with van der Waals surface area (Å²) in [7, 11) is 0. The van der Waals surface area contributed by atoms with Crippen LogP contribution in [0, 0.1) is 6.92 Å². The summed E-state index contributed by atoms with van der Waals surface area (Å²) in [6, 6.07) is 8.75. The lowest BCUT2D eigenvalue weighted by atomic mass is 10.1. The Morgan fingerprint density at radius 2 is 1.81 bits per heavy atom. The molecule has 2 aliphatic carbocycles. The first-order chi connectivity index (χ1) is 10.3. The van der Waals surface area contributed by atoms with Gasteiger partial charge in [-0.15, -0.1) is 0 Å². The highest BCUT2D eigenvalue weighted by Gasteiger charge is 2.31. The second-order valence-electron chi connectivity index (χ2n) is 7.02. The molecule has 0 spiro atoms. The summed E-state index contributed by atoms with van der Waals surface area (Å²) < 4.78 is 0. The van der Waals surface area contributed by atoms with E-state index in [1.165, 1.54) is 68.7 Å². The van der Waals surface area contributed by atoms with Crippen molar-refractivity contribution in [3.63, 3.8) is 0 Å². The molecule has 1 heterocycles. The summed E-state index contributed by atoms with van der Waals surface area (Å²) in [6.45, 7) is 8.16. The van der Waals surface area contributed by atoms with Gasteiger partial charge in [-0.25, -0.2) is 0 Å². The molecule has 21 heavy (non-hydrogen) atoms. The minimum atomic E-state index is 0.791. The van der Waals surface area contributed by atoms with Gasteiger partial charge in [0.1, 0.15) is 0 Å². The number of anilines is 1. The predicted octanol–water partition coefficient (Wildman–Crippen LogP) is 2.53. The van der Waals surface area contributed by atoms with Gasteiger partial charge in [-0.2, -0.15) is 0 Å². The van der Waals surface area contributed by atoms with Crippen LogP contribution in [0.1, 0.15) is 36.8 Å². The van der Waals surface area contributed by atoms with E-state index < -0.39 is 0 Å². The van der Waals surface area contributed by atoms with E-state index in [0.717, 1.165) is 18.6 Å². The van der Waals surface area contributed by atoms with Gasteiger partial charge in [0, 0.05) is 50.5 Å². The number of benzene rings is 1. The summed E-state index contributed by atoms with van der Waals surface area (Å²) in [6.07, 6.45) is 5.59. The molecular formula is C18H27N3. The summed E-state index contributed by atoms with van der Waals surface area (Å²) in [5, 5.41) is 3.62. The number of nitrogens with zero attached hydrogens (tertiary/aromatic N) is 2. The SMILES string of the molecule is Cc1cc(N2CCN(C3CC3)CC2)ccc1CNC1CC1. The van der Waals surface area contributed by atoms with Crippen molar-refractivity contribution >= 4 is 5.69 Å². The third-order valence-corrected chi connectivity index (χ3v) is 5.23. The van der Waals surface area contributed by atoms with E-state index in [0.29, 0.717) is 0 Å². The maximum absolute atomic E-state index is 3.62. The quantitative estimate of drug-likeness (QED) is 0.897. The van der Waals surface area contributed by atoms with Crippen molar-refractivity contribution in [2.24, 2.45) is 0 Å². The van der Waals surface area contributed by atoms with E-state index in [4.69, 9.17) is 0 Å². The second-order valence-corrected chi connectivity index (χ2v) is 7.02. The minimum absolute atomic E-state index is 0.791. The molecule has 4 rings (SSSR count). The Hall–Kier alpha value is -1.06. The molecule has 1 aliphatic heterocycles. The third-order valence-electron chi connectivity index (χ3n) is 5.23. The molecule has 0 atom stereocenters. The van der Waals surface area contributed by atoms with Crippen molar-refractivity contribution in [3.05, 3.63) is 29.3 Å². The fourth-order valence-electron chi connectivity index (χ4n) is 3.40. The standard InChI is InChI=1S/C18H27N3/c1-14-12-18(5-2-15(14)13-19-16-3-4-16)21-10-8-20(9-11-21)17-6-7-17/h2,5,12,16-17,19H,3-4,6-11,13H2,1H3. The normalized spacial score (nSPS) is 23.6. The first-order valence-corrected chi connectivity index (χ1v) is 8.61. The van der Waals surface area contributed by atoms with Crippen LogP contribution >= 0.6 is 0 Å². The van der Waals surface area contributed by atoms with E-state index in [1.54, 1.807) is 0 Å². The van der Waals surface area contributed by atoms with Gasteiger partial charge in [-0.1, -0.05) is 6.07 Å². The molecule has 0 aromatic heterocycles. The van der Waals surface area contributed by atoms with Crippen LogP contribution in [-0.2, 0) is 6.54 Å². The van der Waals surface area contributed by atoms with Gasteiger partial charge in [0.2, 0.25) is 0 Å². The zero-order valence-corrected chi connectivity index (χ0v) is 13.1. The summed E-state index contributed by atoms with van der Waals surface area (Å²) in [5.74, 6) is 0. The number of hydrogen-bond acceptors (Lipinski definition) is 3. The first kappa shape index (κ1) is 13.6. The van der Waals surface area contributed by atoms with Crippen LogP contribution in [0.4, 0.5) is 5.69 Å². The number of rotatable bonds is 5. The lowest BCUT2D eigenvalue weighted by molar-refractivity contribution is 0.248. The molecule has 1 saturated heterocycles. The summed E-state index contributed by atoms with van der Waals surface area (Å²) in [4.78, 5) is 5.24. The van der Waals surface area contributed by atoms with Crippen molar-refractivity contribution in [1.29, 1.82) is 0 Å². The molecule has 2 saturated carbocycles. The van der Waals surface area contributed by atoms with Crippen molar-refractivity contribution in [2.75, 3.05) is 31.1 Å². The van der Waals surface area contributed by atoms with Crippen molar-refractivity contribution in [3.8, 4) is 0 Å². The molecule has 1 N–H and O–H groups in total. The fraction of sp³-hybridized carbons (Fsp3) is 0.667. The topological polar surface area (TPSA) is 18.5 Å². The lowest BCUT2D eigenvalue weighted by Gasteiger charge is -2.36. The summed E-state index contributed by atoms with van der Waals surface area (Å²) >= 11 is 0. The van der Waals surface area contributed by atoms with Crippen LogP contribution in [-0.4, -0.2) is 43.2 Å². The Balaban J connectivity index is 1.37. The van der Waals surface area contributed by atoms with Gasteiger partial charge in [-0.05, 0) is 55.9 Å². The molecule has 0 bridgehead atoms. The molecule has 1 aromatic carbocycles. The van der Waals surface area contributed by atoms with E-state index in [1.807, 2.05) is 0 Å². The van der Waals surface area contributed by atoms with Crippen LogP contribution < -0.4 is 10.2 Å². The molecule has 0 amide bonds. The molecule has 3 heteroatoms. The maximum Gasteiger partial charge on any atom is 0.0369 e. The van der Waals surface area contributed by atoms with Crippen LogP contribution in [0.3, 0.4) is 0 Å². The minimum Gasteiger partial charge on any atom is -0.369 e. The Kier molecular flexibility index (Phi) is 3.64. The van der Waals surface area contributed by atoms with E-state index in [-0.39, 0.29) is 0 Å². The van der Waals surface area contributed by atoms with Gasteiger partial charge in [0.05, 0.1) is 0 Å². The summed E-state index contributed by atoms with van der Waals surface area (Å²) in [5.41, 5.74) is 4.31. The molecule has 3 nitrogen and oxygen atoms in total. The van der Waals surface area contributed by atoms with E-state index in [9.17, 15) is 0 Å². The zero-order chi connectivity index (χ0) is 14.2. The molecular weight excluding hydrogens is 258 g/mol. The number of nitrogens with one attached hydrogen (secondary N) is 1. The van der Waals surface area contributed by atoms with Crippen LogP contribution in [0.2, 0.25) is 0 Å². The molecule has 0 radical (unpaired) electrons. The molecule has 0 unspecified atom stereocenters. The molecule has 1 aromatic rings. The van der Waals surface area contributed by atoms with Crippen LogP contribution in [0.5, 0.6) is 0 Å². The van der Waals surface area contributed by atoms with Crippen LogP contribution in [0.15, 0.2) is 18.2 Å². The van der Waals surface area contributed by atoms with E-state index >= 15 is 0 Å². The van der Waals surface area contributed by atoms with Gasteiger partial charge in [-0.3, -0.25) is 4.90 Å². The Labute approximate surface area is 128 Å². The van der Waals surface area contributed by atoms with Gasteiger partial charge in [0.25, 0.3) is 0 Å². The second kappa shape index (κ2) is 5.62. The highest BCUT2D eigenvalue weighted by molar-refractivity contribution is 5.51. The number of hydrogen-bond donors (Lipinski definition) is 1. The monoisotopic (exact) mass is 285 g/mol. The number of piperazine rings is 1. The molecule has 3 aliphatic rings. The largest absolute Gasteiger partial charge is 0.369 e. The highest BCUT2D eigenvalue weighted by atomic mass is 15.3. The maximum atomic E-state index is 3.62. The zero-order valence-electron chi connectivity index (χ0n) is 13.1. The molecule has 3 fully saturated rings. The Morgan fingerprint density at radius 3 is 2.43 bits per heavy atom. The average molecular weight is 285 g/mol.